The Morgan fingerprint density at radius 1 is 0.955 bits per heavy atom. The molecule has 16 nitrogen and oxygen atoms in total. The maximum absolute atomic E-state index is 12.7. The van der Waals surface area contributed by atoms with E-state index < -0.39 is 57.8 Å². The van der Waals surface area contributed by atoms with Crippen molar-refractivity contribution in [2.24, 2.45) is 0 Å². The summed E-state index contributed by atoms with van der Waals surface area (Å²) in [5.41, 5.74) is -0.638. The first-order valence-corrected chi connectivity index (χ1v) is 13.6. The van der Waals surface area contributed by atoms with Crippen molar-refractivity contribution in [3.05, 3.63) is 38.4 Å². The zero-order valence-corrected chi connectivity index (χ0v) is 24.0. The molecular weight excluding hydrogens is 605 g/mol. The summed E-state index contributed by atoms with van der Waals surface area (Å²) in [6.07, 6.45) is -7.24. The minimum Gasteiger partial charge on any atom is -0.377 e. The number of nitrogens with zero attached hydrogens (tertiary/aromatic N) is 2. The smallest absolute Gasteiger partial charge is 0.377 e. The zero-order chi connectivity index (χ0) is 32.3. The Kier molecular flexibility index (Phi) is 13.0. The fourth-order valence-electron chi connectivity index (χ4n) is 4.40. The fourth-order valence-corrected chi connectivity index (χ4v) is 4.40. The number of carbonyl (C=O) groups is 1. The monoisotopic (exact) mass is 640 g/mol. The first-order valence-electron chi connectivity index (χ1n) is 13.6. The molecule has 0 radical (unpaired) electrons. The third-order valence-electron chi connectivity index (χ3n) is 6.34. The Hall–Kier alpha value is -3.20. The highest BCUT2D eigenvalue weighted by molar-refractivity contribution is 5.82. The summed E-state index contributed by atoms with van der Waals surface area (Å²) >= 11 is 0. The molecule has 1 aromatic carbocycles. The van der Waals surface area contributed by atoms with Crippen LogP contribution < -0.4 is 10.6 Å². The highest BCUT2D eigenvalue weighted by Gasteiger charge is 2.53. The molecule has 248 valence electrons. The minimum absolute atomic E-state index is 0.0736. The molecule has 2 heterocycles. The van der Waals surface area contributed by atoms with Crippen LogP contribution in [-0.2, 0) is 38.0 Å². The van der Waals surface area contributed by atoms with E-state index in [0.29, 0.717) is 0 Å². The Morgan fingerprint density at radius 3 is 2.14 bits per heavy atom. The van der Waals surface area contributed by atoms with E-state index in [4.69, 9.17) is 33.2 Å². The van der Waals surface area contributed by atoms with Gasteiger partial charge in [0, 0.05) is 12.6 Å². The molecule has 44 heavy (non-hydrogen) atoms. The number of hydrogen-bond acceptors (Lipinski definition) is 13. The van der Waals surface area contributed by atoms with Crippen LogP contribution in [-0.4, -0.2) is 118 Å². The SMILES string of the molecule is CC1(C)O[C@@H]2[C@H](O1)[C@H](NC(=O)C(F)(F)F)CO[C@@H]2COCCOCCOCCOCCNc1ccc([N+](=O)[O-])cc1[N+](=O)[O-]. The number of non-ortho nitro benzene ring substituents is 1. The van der Waals surface area contributed by atoms with Gasteiger partial charge in [-0.3, -0.25) is 25.0 Å². The van der Waals surface area contributed by atoms with Gasteiger partial charge < -0.3 is 43.8 Å². The quantitative estimate of drug-likeness (QED) is 0.135. The van der Waals surface area contributed by atoms with Crippen LogP contribution in [0.5, 0.6) is 0 Å². The van der Waals surface area contributed by atoms with E-state index >= 15 is 0 Å². The summed E-state index contributed by atoms with van der Waals surface area (Å²) in [6.45, 7) is 5.13. The number of rotatable bonds is 18. The Labute approximate surface area is 249 Å². The number of alkyl halides is 3. The van der Waals surface area contributed by atoms with E-state index in [2.05, 4.69) is 5.32 Å². The van der Waals surface area contributed by atoms with Crippen LogP contribution in [0.15, 0.2) is 18.2 Å². The van der Waals surface area contributed by atoms with Crippen molar-refractivity contribution in [2.45, 2.75) is 50.2 Å². The van der Waals surface area contributed by atoms with Gasteiger partial charge >= 0.3 is 12.1 Å². The van der Waals surface area contributed by atoms with Crippen LogP contribution >= 0.6 is 0 Å². The van der Waals surface area contributed by atoms with Crippen LogP contribution in [0, 0.1) is 20.2 Å². The largest absolute Gasteiger partial charge is 0.471 e. The van der Waals surface area contributed by atoms with Crippen molar-refractivity contribution >= 4 is 23.0 Å². The lowest BCUT2D eigenvalue weighted by Gasteiger charge is -2.37. The number of nitro groups is 2. The number of nitro benzene ring substituents is 2. The molecule has 2 fully saturated rings. The lowest BCUT2D eigenvalue weighted by molar-refractivity contribution is -0.393. The first-order chi connectivity index (χ1) is 20.8. The normalized spacial score (nSPS) is 22.8. The average molecular weight is 641 g/mol. The van der Waals surface area contributed by atoms with Crippen LogP contribution in [0.4, 0.5) is 30.2 Å². The first kappa shape index (κ1) is 35.3. The number of hydrogen-bond donors (Lipinski definition) is 2. The lowest BCUT2D eigenvalue weighted by Crippen LogP contribution is -2.60. The molecule has 1 aromatic rings. The van der Waals surface area contributed by atoms with Gasteiger partial charge in [-0.1, -0.05) is 0 Å². The third kappa shape index (κ3) is 10.8. The van der Waals surface area contributed by atoms with Crippen LogP contribution in [0.2, 0.25) is 0 Å². The number of benzene rings is 1. The number of halogens is 3. The summed E-state index contributed by atoms with van der Waals surface area (Å²) in [7, 11) is 0. The van der Waals surface area contributed by atoms with E-state index in [0.717, 1.165) is 6.07 Å². The molecule has 0 spiro atoms. The molecule has 0 aromatic heterocycles. The third-order valence-corrected chi connectivity index (χ3v) is 6.34. The van der Waals surface area contributed by atoms with Gasteiger partial charge in [0.15, 0.2) is 5.79 Å². The van der Waals surface area contributed by atoms with Crippen LogP contribution in [0.25, 0.3) is 0 Å². The number of fused-ring (bicyclic) bond motifs is 1. The molecule has 0 unspecified atom stereocenters. The second-order valence-electron chi connectivity index (χ2n) is 10.1. The molecule has 19 heteroatoms. The Morgan fingerprint density at radius 2 is 1.55 bits per heavy atom. The number of carbonyl (C=O) groups excluding carboxylic acids is 1. The van der Waals surface area contributed by atoms with Gasteiger partial charge in [0.1, 0.15) is 24.0 Å². The van der Waals surface area contributed by atoms with Gasteiger partial charge in [-0.15, -0.1) is 0 Å². The van der Waals surface area contributed by atoms with Crippen molar-refractivity contribution in [3.63, 3.8) is 0 Å². The molecule has 2 aliphatic heterocycles. The fraction of sp³-hybridized carbons (Fsp3) is 0.720. The molecule has 2 N–H and O–H groups in total. The van der Waals surface area contributed by atoms with Crippen molar-refractivity contribution in [1.29, 1.82) is 0 Å². The summed E-state index contributed by atoms with van der Waals surface area (Å²) < 4.78 is 77.0. The van der Waals surface area contributed by atoms with Gasteiger partial charge in [0.25, 0.3) is 11.4 Å². The maximum Gasteiger partial charge on any atom is 0.471 e. The molecule has 2 saturated heterocycles. The van der Waals surface area contributed by atoms with E-state index in [1.807, 2.05) is 5.32 Å². The molecule has 0 bridgehead atoms. The van der Waals surface area contributed by atoms with E-state index in [1.54, 1.807) is 13.8 Å². The predicted octanol–water partition coefficient (Wildman–Crippen LogP) is 1.95. The number of amides is 1. The van der Waals surface area contributed by atoms with Gasteiger partial charge in [-0.2, -0.15) is 13.2 Å². The van der Waals surface area contributed by atoms with Crippen molar-refractivity contribution < 1.29 is 61.0 Å². The van der Waals surface area contributed by atoms with Gasteiger partial charge in [-0.05, 0) is 19.9 Å². The topological polar surface area (TPSA) is 192 Å². The van der Waals surface area contributed by atoms with E-state index in [9.17, 15) is 38.2 Å². The van der Waals surface area contributed by atoms with Crippen LogP contribution in [0.1, 0.15) is 13.8 Å². The zero-order valence-electron chi connectivity index (χ0n) is 24.0. The van der Waals surface area contributed by atoms with Crippen LogP contribution in [0.3, 0.4) is 0 Å². The Balaban J connectivity index is 1.21. The molecule has 3 rings (SSSR count). The summed E-state index contributed by atoms with van der Waals surface area (Å²) in [6, 6.07) is 2.29. The molecule has 4 atom stereocenters. The van der Waals surface area contributed by atoms with Crippen molar-refractivity contribution in [1.82, 2.24) is 5.32 Å². The number of anilines is 1. The second kappa shape index (κ2) is 16.2. The standard InChI is InChI=1S/C25H35F3N4O12/c1-24(2)43-21-18(30-23(33)25(26,27)28)14-42-20(22(21)44-24)15-41-12-11-40-10-9-39-8-7-38-6-5-29-17-4-3-16(31(34)35)13-19(17)32(36)37/h3-4,13,18,20-22,29H,5-12,14-15H2,1-2H3,(H,30,33)/t18-,20-,21-,22+/m1/s1. The molecule has 0 aliphatic carbocycles. The summed E-state index contributed by atoms with van der Waals surface area (Å²) in [4.78, 5) is 31.9. The molecule has 0 saturated carbocycles. The Bertz CT molecular complexity index is 1130. The number of ether oxygens (including phenoxy) is 7. The summed E-state index contributed by atoms with van der Waals surface area (Å²) in [5.74, 6) is -3.16. The summed E-state index contributed by atoms with van der Waals surface area (Å²) in [5, 5.41) is 26.7. The molecule has 2 aliphatic rings. The number of nitrogens with one attached hydrogen (secondary N) is 2. The van der Waals surface area contributed by atoms with E-state index in [1.165, 1.54) is 12.1 Å². The highest BCUT2D eigenvalue weighted by atomic mass is 19.4. The second-order valence-corrected chi connectivity index (χ2v) is 10.1. The minimum atomic E-state index is -5.03. The van der Waals surface area contributed by atoms with Crippen molar-refractivity contribution in [3.8, 4) is 0 Å². The van der Waals surface area contributed by atoms with Gasteiger partial charge in [-0.25, -0.2) is 0 Å². The van der Waals surface area contributed by atoms with E-state index in [-0.39, 0.29) is 77.4 Å². The molecular formula is C25H35F3N4O12. The molecule has 1 amide bonds. The van der Waals surface area contributed by atoms with Gasteiger partial charge in [0.2, 0.25) is 0 Å². The highest BCUT2D eigenvalue weighted by Crippen LogP contribution is 2.36. The van der Waals surface area contributed by atoms with Gasteiger partial charge in [0.05, 0.1) is 81.4 Å². The van der Waals surface area contributed by atoms with Crippen molar-refractivity contribution in [2.75, 3.05) is 71.3 Å². The predicted molar refractivity (Wildman–Crippen MR) is 143 cm³/mol. The maximum atomic E-state index is 12.7. The average Bonchev–Trinajstić information content (AvgIpc) is 3.28. The lowest BCUT2D eigenvalue weighted by atomic mass is 9.98.